The van der Waals surface area contributed by atoms with E-state index in [0.29, 0.717) is 35.8 Å². The van der Waals surface area contributed by atoms with Crippen LogP contribution in [0.1, 0.15) is 11.1 Å². The molecule has 29 heavy (non-hydrogen) atoms. The minimum atomic E-state index is -0.362. The number of hydrogen-bond donors (Lipinski definition) is 2. The van der Waals surface area contributed by atoms with Crippen molar-refractivity contribution in [3.63, 3.8) is 0 Å². The van der Waals surface area contributed by atoms with Gasteiger partial charge in [0.2, 0.25) is 5.88 Å². The minimum Gasteiger partial charge on any atom is -0.439 e. The topological polar surface area (TPSA) is 71.4 Å². The Balaban J connectivity index is 1.54. The summed E-state index contributed by atoms with van der Waals surface area (Å²) in [7, 11) is 1.70. The Hall–Kier alpha value is -3.19. The lowest BCUT2D eigenvalue weighted by molar-refractivity contribution is 0.450. The van der Waals surface area contributed by atoms with Crippen molar-refractivity contribution in [2.45, 2.75) is 13.0 Å². The van der Waals surface area contributed by atoms with Crippen LogP contribution in [0.4, 0.5) is 4.39 Å². The molecule has 2 heterocycles. The first-order valence-electron chi connectivity index (χ1n) is 9.06. The van der Waals surface area contributed by atoms with E-state index in [2.05, 4.69) is 25.6 Å². The standard InChI is InChI=1S/C21H21ClFN5O/c1-24-21(26-11-9-15-7-8-19(22)27-13-15)28-14-16-4-3-10-25-20(16)29-18-6-2-5-17(23)12-18/h2-8,10,12-13H,9,11,14H2,1H3,(H2,24,26,28). The molecular formula is C21H21ClFN5O. The molecule has 0 bridgehead atoms. The molecule has 6 nitrogen and oxygen atoms in total. The summed E-state index contributed by atoms with van der Waals surface area (Å²) < 4.78 is 19.1. The van der Waals surface area contributed by atoms with Gasteiger partial charge in [-0.15, -0.1) is 0 Å². The number of nitrogens with zero attached hydrogens (tertiary/aromatic N) is 3. The second kappa shape index (κ2) is 10.4. The van der Waals surface area contributed by atoms with Crippen LogP contribution in [0.3, 0.4) is 0 Å². The molecule has 0 aliphatic rings. The van der Waals surface area contributed by atoms with E-state index < -0.39 is 0 Å². The zero-order valence-corrected chi connectivity index (χ0v) is 16.7. The van der Waals surface area contributed by atoms with Gasteiger partial charge in [-0.05, 0) is 36.2 Å². The average Bonchev–Trinajstić information content (AvgIpc) is 2.73. The lowest BCUT2D eigenvalue weighted by Crippen LogP contribution is -2.37. The Bertz CT molecular complexity index is 965. The number of aliphatic imine (C=N–C) groups is 1. The second-order valence-electron chi connectivity index (χ2n) is 6.12. The van der Waals surface area contributed by atoms with Crippen LogP contribution in [0.15, 0.2) is 65.9 Å². The first-order chi connectivity index (χ1) is 14.1. The third kappa shape index (κ3) is 6.43. The molecule has 0 aliphatic heterocycles. The molecule has 0 saturated heterocycles. The van der Waals surface area contributed by atoms with E-state index in [1.807, 2.05) is 18.2 Å². The highest BCUT2D eigenvalue weighted by atomic mass is 35.5. The van der Waals surface area contributed by atoms with Gasteiger partial charge < -0.3 is 15.4 Å². The van der Waals surface area contributed by atoms with Crippen LogP contribution in [0.25, 0.3) is 0 Å². The van der Waals surface area contributed by atoms with Gasteiger partial charge in [0.1, 0.15) is 16.7 Å². The fourth-order valence-corrected chi connectivity index (χ4v) is 2.68. The first kappa shape index (κ1) is 20.5. The first-order valence-corrected chi connectivity index (χ1v) is 9.44. The van der Waals surface area contributed by atoms with Crippen molar-refractivity contribution in [1.29, 1.82) is 0 Å². The molecule has 0 spiro atoms. The summed E-state index contributed by atoms with van der Waals surface area (Å²) in [6.07, 6.45) is 4.17. The normalized spacial score (nSPS) is 11.2. The molecule has 0 unspecified atom stereocenters. The van der Waals surface area contributed by atoms with Crippen molar-refractivity contribution >= 4 is 17.6 Å². The van der Waals surface area contributed by atoms with Crippen molar-refractivity contribution in [2.24, 2.45) is 4.99 Å². The Kier molecular flexibility index (Phi) is 7.35. The van der Waals surface area contributed by atoms with Gasteiger partial charge in [0.25, 0.3) is 0 Å². The van der Waals surface area contributed by atoms with Gasteiger partial charge in [-0.2, -0.15) is 0 Å². The third-order valence-electron chi connectivity index (χ3n) is 4.03. The summed E-state index contributed by atoms with van der Waals surface area (Å²) in [5.74, 6) is 1.09. The van der Waals surface area contributed by atoms with Gasteiger partial charge in [0.05, 0.1) is 0 Å². The largest absolute Gasteiger partial charge is 0.439 e. The van der Waals surface area contributed by atoms with Crippen LogP contribution >= 0.6 is 11.6 Å². The maximum atomic E-state index is 13.4. The monoisotopic (exact) mass is 413 g/mol. The quantitative estimate of drug-likeness (QED) is 0.348. The van der Waals surface area contributed by atoms with Crippen molar-refractivity contribution in [1.82, 2.24) is 20.6 Å². The molecule has 0 radical (unpaired) electrons. The van der Waals surface area contributed by atoms with Crippen LogP contribution in [-0.4, -0.2) is 29.5 Å². The van der Waals surface area contributed by atoms with E-state index in [1.54, 1.807) is 37.6 Å². The summed E-state index contributed by atoms with van der Waals surface area (Å²) in [5, 5.41) is 6.95. The number of rotatable bonds is 7. The predicted molar refractivity (Wildman–Crippen MR) is 112 cm³/mol. The van der Waals surface area contributed by atoms with Crippen LogP contribution in [0, 0.1) is 5.82 Å². The number of benzene rings is 1. The van der Waals surface area contributed by atoms with E-state index in [4.69, 9.17) is 16.3 Å². The lowest BCUT2D eigenvalue weighted by atomic mass is 10.2. The molecule has 0 aliphatic carbocycles. The molecule has 8 heteroatoms. The summed E-state index contributed by atoms with van der Waals surface area (Å²) in [5.41, 5.74) is 1.90. The van der Waals surface area contributed by atoms with Crippen LogP contribution in [-0.2, 0) is 13.0 Å². The fraction of sp³-hybridized carbons (Fsp3) is 0.190. The molecule has 150 valence electrons. The molecule has 0 saturated carbocycles. The van der Waals surface area contributed by atoms with Gasteiger partial charge in [-0.25, -0.2) is 14.4 Å². The number of nitrogens with one attached hydrogen (secondary N) is 2. The Morgan fingerprint density at radius 1 is 1.14 bits per heavy atom. The zero-order valence-electron chi connectivity index (χ0n) is 15.9. The molecule has 2 aromatic heterocycles. The van der Waals surface area contributed by atoms with Gasteiger partial charge >= 0.3 is 0 Å². The summed E-state index contributed by atoms with van der Waals surface area (Å²) in [4.78, 5) is 12.5. The SMILES string of the molecule is CN=C(NCCc1ccc(Cl)nc1)NCc1cccnc1Oc1cccc(F)c1. The number of ether oxygens (including phenoxy) is 1. The Morgan fingerprint density at radius 2 is 2.03 bits per heavy atom. The smallest absolute Gasteiger partial charge is 0.224 e. The van der Waals surface area contributed by atoms with Gasteiger partial charge in [-0.1, -0.05) is 29.8 Å². The molecule has 3 rings (SSSR count). The predicted octanol–water partition coefficient (Wildman–Crippen LogP) is 3.97. The van der Waals surface area contributed by atoms with Gasteiger partial charge in [0.15, 0.2) is 5.96 Å². The minimum absolute atomic E-state index is 0.362. The van der Waals surface area contributed by atoms with Crippen LogP contribution in [0.5, 0.6) is 11.6 Å². The van der Waals surface area contributed by atoms with E-state index >= 15 is 0 Å². The molecule has 0 atom stereocenters. The van der Waals surface area contributed by atoms with E-state index in [9.17, 15) is 4.39 Å². The Morgan fingerprint density at radius 3 is 2.79 bits per heavy atom. The van der Waals surface area contributed by atoms with Gasteiger partial charge in [0, 0.05) is 44.2 Å². The highest BCUT2D eigenvalue weighted by Crippen LogP contribution is 2.23. The molecule has 1 aromatic carbocycles. The lowest BCUT2D eigenvalue weighted by Gasteiger charge is -2.14. The molecule has 0 amide bonds. The maximum absolute atomic E-state index is 13.4. The maximum Gasteiger partial charge on any atom is 0.224 e. The summed E-state index contributed by atoms with van der Waals surface area (Å²) in [6.45, 7) is 1.13. The van der Waals surface area contributed by atoms with Crippen molar-refractivity contribution in [3.05, 3.63) is 83.0 Å². The van der Waals surface area contributed by atoms with Crippen LogP contribution < -0.4 is 15.4 Å². The third-order valence-corrected chi connectivity index (χ3v) is 4.25. The highest BCUT2D eigenvalue weighted by molar-refractivity contribution is 6.29. The van der Waals surface area contributed by atoms with Crippen molar-refractivity contribution in [3.8, 4) is 11.6 Å². The zero-order chi connectivity index (χ0) is 20.5. The number of guanidine groups is 1. The van der Waals surface area contributed by atoms with E-state index in [-0.39, 0.29) is 5.82 Å². The summed E-state index contributed by atoms with van der Waals surface area (Å²) >= 11 is 5.80. The fourth-order valence-electron chi connectivity index (χ4n) is 2.57. The van der Waals surface area contributed by atoms with Crippen LogP contribution in [0.2, 0.25) is 5.15 Å². The number of pyridine rings is 2. The van der Waals surface area contributed by atoms with Crippen molar-refractivity contribution < 1.29 is 9.13 Å². The average molecular weight is 414 g/mol. The molecule has 3 aromatic rings. The molecule has 0 fully saturated rings. The van der Waals surface area contributed by atoms with E-state index in [1.165, 1.54) is 12.1 Å². The number of halogens is 2. The Labute approximate surface area is 173 Å². The highest BCUT2D eigenvalue weighted by Gasteiger charge is 2.08. The second-order valence-corrected chi connectivity index (χ2v) is 6.51. The van der Waals surface area contributed by atoms with Gasteiger partial charge in [-0.3, -0.25) is 4.99 Å². The molecule has 2 N–H and O–H groups in total. The van der Waals surface area contributed by atoms with E-state index in [0.717, 1.165) is 17.5 Å². The van der Waals surface area contributed by atoms with Crippen molar-refractivity contribution in [2.75, 3.05) is 13.6 Å². The number of hydrogen-bond acceptors (Lipinski definition) is 4. The molecular weight excluding hydrogens is 393 g/mol. The summed E-state index contributed by atoms with van der Waals surface area (Å²) in [6, 6.07) is 13.4. The number of aromatic nitrogens is 2.